The van der Waals surface area contributed by atoms with Crippen LogP contribution in [-0.2, 0) is 0 Å². The second-order valence-electron chi connectivity index (χ2n) is 1.32. The molecule has 46 valence electrons. The van der Waals surface area contributed by atoms with E-state index in [2.05, 4.69) is 61.2 Å². The van der Waals surface area contributed by atoms with Gasteiger partial charge in [-0.3, -0.25) is 0 Å². The molecule has 0 aromatic carbocycles. The van der Waals surface area contributed by atoms with Crippen LogP contribution in [0.15, 0.2) is 29.5 Å². The topological polar surface area (TPSA) is 24.7 Å². The molecule has 0 unspecified atom stereocenters. The van der Waals surface area contributed by atoms with Crippen LogP contribution < -0.4 is 0 Å². The molecule has 0 radical (unpaired) electrons. The molecule has 1 heterocycles. The van der Waals surface area contributed by atoms with Gasteiger partial charge in [0.25, 0.3) is 0 Å². The molecule has 0 spiro atoms. The van der Waals surface area contributed by atoms with Crippen LogP contribution in [0.4, 0.5) is 0 Å². The molecule has 0 fully saturated rings. The van der Waals surface area contributed by atoms with Gasteiger partial charge in [-0.2, -0.15) is 9.98 Å². The van der Waals surface area contributed by atoms with Crippen molar-refractivity contribution < 1.29 is 0 Å². The zero-order chi connectivity index (χ0) is 6.69. The van der Waals surface area contributed by atoms with Gasteiger partial charge in [-0.15, -0.1) is 0 Å². The lowest BCUT2D eigenvalue weighted by Gasteiger charge is -1.81. The van der Waals surface area contributed by atoms with Gasteiger partial charge in [-0.25, -0.2) is 0 Å². The van der Waals surface area contributed by atoms with Crippen molar-refractivity contribution in [2.75, 3.05) is 0 Å². The van der Waals surface area contributed by atoms with Gasteiger partial charge in [0.1, 0.15) is 9.71 Å². The maximum atomic E-state index is 3.85. The molecule has 1 aliphatic heterocycles. The fourth-order valence-corrected chi connectivity index (χ4v) is 1.82. The summed E-state index contributed by atoms with van der Waals surface area (Å²) in [5.74, 6) is 0. The summed E-state index contributed by atoms with van der Waals surface area (Å²) in [5.41, 5.74) is 0. The van der Waals surface area contributed by atoms with Crippen molar-refractivity contribution >= 4 is 51.2 Å². The predicted molar refractivity (Wildman–Crippen MR) is 54.1 cm³/mol. The lowest BCUT2D eigenvalue weighted by molar-refractivity contribution is 1.56. The molecule has 0 atom stereocenters. The first-order valence-corrected chi connectivity index (χ1v) is 4.33. The van der Waals surface area contributed by atoms with Gasteiger partial charge >= 0.3 is 0 Å². The van der Waals surface area contributed by atoms with Gasteiger partial charge in [-0.05, 0) is 51.3 Å². The summed E-state index contributed by atoms with van der Waals surface area (Å²) in [6.07, 6.45) is 3.65. The number of allylic oxidation sites excluding steroid dienone is 2. The number of rotatable bonds is 0. The minimum atomic E-state index is 0.912. The molecule has 1 rings (SSSR count). The average Bonchev–Trinajstić information content (AvgIpc) is 1.93. The summed E-state index contributed by atoms with van der Waals surface area (Å²) in [4.78, 5) is 7.61. The van der Waals surface area contributed by atoms with Crippen LogP contribution in [0.1, 0.15) is 0 Å². The van der Waals surface area contributed by atoms with E-state index >= 15 is 0 Å². The molecule has 1 aliphatic rings. The van der Waals surface area contributed by atoms with Gasteiger partial charge in [0.15, 0.2) is 0 Å². The fourth-order valence-electron chi connectivity index (χ4n) is 0.350. The standard InChI is InChI=1S/C5H2I2N2/c6-4-1-5(7)9-3-8-2-4/h1-2H. The number of aliphatic imine (C=N–C) groups is 2. The molecule has 4 heteroatoms. The van der Waals surface area contributed by atoms with E-state index in [0.29, 0.717) is 0 Å². The highest BCUT2D eigenvalue weighted by atomic mass is 127. The maximum Gasteiger partial charge on any atom is 0.114 e. The van der Waals surface area contributed by atoms with Crippen LogP contribution in [0.25, 0.3) is 0 Å². The second-order valence-corrected chi connectivity index (χ2v) is 3.67. The van der Waals surface area contributed by atoms with Gasteiger partial charge < -0.3 is 0 Å². The van der Waals surface area contributed by atoms with E-state index in [9.17, 15) is 0 Å². The van der Waals surface area contributed by atoms with E-state index in [-0.39, 0.29) is 0 Å². The Morgan fingerprint density at radius 1 is 1.44 bits per heavy atom. The number of hydrogen-bond acceptors (Lipinski definition) is 2. The van der Waals surface area contributed by atoms with E-state index < -0.39 is 0 Å². The first-order chi connectivity index (χ1) is 4.29. The Kier molecular flexibility index (Phi) is 2.87. The minimum Gasteiger partial charge on any atom is -0.194 e. The van der Waals surface area contributed by atoms with Crippen LogP contribution >= 0.6 is 45.2 Å². The Labute approximate surface area is 80.1 Å². The average molecular weight is 344 g/mol. The summed E-state index contributed by atoms with van der Waals surface area (Å²) in [6, 6.07) is 2.52. The van der Waals surface area contributed by atoms with Crippen molar-refractivity contribution in [3.05, 3.63) is 19.6 Å². The zero-order valence-corrected chi connectivity index (χ0v) is 8.62. The van der Waals surface area contributed by atoms with Crippen LogP contribution in [0.2, 0.25) is 0 Å². The molecule has 0 N–H and O–H groups in total. The summed E-state index contributed by atoms with van der Waals surface area (Å²) < 4.78 is 1.99. The van der Waals surface area contributed by atoms with Crippen LogP contribution in [-0.4, -0.2) is 6.01 Å². The van der Waals surface area contributed by atoms with Gasteiger partial charge in [0, 0.05) is 3.58 Å². The Balaban J connectivity index is 3.00. The molecule has 0 amide bonds. The molecule has 0 saturated heterocycles. The Morgan fingerprint density at radius 2 is 2.22 bits per heavy atom. The van der Waals surface area contributed by atoms with E-state index in [0.717, 1.165) is 7.28 Å². The molecule has 0 aliphatic carbocycles. The molecule has 0 bridgehead atoms. The summed E-state index contributed by atoms with van der Waals surface area (Å²) in [6.45, 7) is 0. The third-order valence-corrected chi connectivity index (χ3v) is 1.80. The van der Waals surface area contributed by atoms with Gasteiger partial charge in [0.05, 0.1) is 6.20 Å². The lowest BCUT2D eigenvalue weighted by atomic mass is 10.6. The van der Waals surface area contributed by atoms with E-state index in [1.54, 1.807) is 6.20 Å². The summed E-state index contributed by atoms with van der Waals surface area (Å²) >= 11 is 4.31. The SMILES string of the molecule is IC1=CN=C=NC(I)=C1. The van der Waals surface area contributed by atoms with Crippen molar-refractivity contribution in [3.63, 3.8) is 0 Å². The predicted octanol–water partition coefficient (Wildman–Crippen LogP) is 2.73. The largest absolute Gasteiger partial charge is 0.194 e. The highest BCUT2D eigenvalue weighted by molar-refractivity contribution is 14.1. The summed E-state index contributed by atoms with van der Waals surface area (Å²) in [5, 5.41) is 0. The third kappa shape index (κ3) is 2.59. The van der Waals surface area contributed by atoms with Crippen molar-refractivity contribution in [2.24, 2.45) is 9.98 Å². The van der Waals surface area contributed by atoms with E-state index in [1.165, 1.54) is 0 Å². The van der Waals surface area contributed by atoms with E-state index in [4.69, 9.17) is 0 Å². The smallest absolute Gasteiger partial charge is 0.114 e. The van der Waals surface area contributed by atoms with Crippen molar-refractivity contribution in [1.29, 1.82) is 0 Å². The molecule has 2 nitrogen and oxygen atoms in total. The lowest BCUT2D eigenvalue weighted by Crippen LogP contribution is -1.59. The molecule has 0 aromatic heterocycles. The van der Waals surface area contributed by atoms with E-state index in [1.807, 2.05) is 6.08 Å². The molecular weight excluding hydrogens is 342 g/mol. The fraction of sp³-hybridized carbons (Fsp3) is 0. The van der Waals surface area contributed by atoms with Crippen LogP contribution in [0.3, 0.4) is 0 Å². The van der Waals surface area contributed by atoms with Crippen LogP contribution in [0, 0.1) is 0 Å². The zero-order valence-electron chi connectivity index (χ0n) is 4.31. The molecule has 0 aromatic rings. The molecular formula is C5H2I2N2. The molecule has 0 saturated carbocycles. The van der Waals surface area contributed by atoms with Crippen molar-refractivity contribution in [1.82, 2.24) is 0 Å². The Morgan fingerprint density at radius 3 is 3.00 bits per heavy atom. The first kappa shape index (κ1) is 7.43. The number of hydrogen-bond donors (Lipinski definition) is 0. The quantitative estimate of drug-likeness (QED) is 0.477. The highest BCUT2D eigenvalue weighted by Crippen LogP contribution is 2.17. The number of nitrogens with zero attached hydrogens (tertiary/aromatic N) is 2. The Hall–Kier alpha value is 0.320. The van der Waals surface area contributed by atoms with Crippen LogP contribution in [0.5, 0.6) is 0 Å². The molecule has 9 heavy (non-hydrogen) atoms. The summed E-state index contributed by atoms with van der Waals surface area (Å²) in [7, 11) is 0. The highest BCUT2D eigenvalue weighted by Gasteiger charge is 1.90. The minimum absolute atomic E-state index is 0.912. The van der Waals surface area contributed by atoms with Crippen molar-refractivity contribution in [2.45, 2.75) is 0 Å². The monoisotopic (exact) mass is 344 g/mol. The third-order valence-electron chi connectivity index (χ3n) is 0.659. The second kappa shape index (κ2) is 3.48. The normalized spacial score (nSPS) is 16.7. The first-order valence-electron chi connectivity index (χ1n) is 2.17. The maximum absolute atomic E-state index is 3.85. The van der Waals surface area contributed by atoms with Gasteiger partial charge in [0.2, 0.25) is 0 Å². The number of halogens is 2. The Bertz CT molecular complexity index is 233. The van der Waals surface area contributed by atoms with Gasteiger partial charge in [-0.1, -0.05) is 0 Å². The van der Waals surface area contributed by atoms with Crippen molar-refractivity contribution in [3.8, 4) is 0 Å².